The first-order chi connectivity index (χ1) is 10.5. The number of ether oxygens (including phenoxy) is 2. The maximum atomic E-state index is 11.7. The number of carbonyl (C=O) groups excluding carboxylic acids is 2. The topological polar surface area (TPSA) is 52.6 Å². The molecule has 1 aromatic rings. The average Bonchev–Trinajstić information content (AvgIpc) is 2.47. The first-order valence-corrected chi connectivity index (χ1v) is 8.03. The van der Waals surface area contributed by atoms with Crippen molar-refractivity contribution in [1.29, 1.82) is 0 Å². The third-order valence-electron chi connectivity index (χ3n) is 3.13. The second-order valence-electron chi connectivity index (χ2n) is 5.17. The highest BCUT2D eigenvalue weighted by molar-refractivity contribution is 6.30. The number of benzene rings is 1. The van der Waals surface area contributed by atoms with Gasteiger partial charge in [-0.2, -0.15) is 0 Å². The fraction of sp³-hybridized carbons (Fsp3) is 0.529. The molecule has 0 aliphatic rings. The molecular formula is C17H23ClO4. The Morgan fingerprint density at radius 3 is 2.50 bits per heavy atom. The number of aryl methyl sites for hydroxylation is 1. The lowest BCUT2D eigenvalue weighted by atomic mass is 10.2. The summed E-state index contributed by atoms with van der Waals surface area (Å²) >= 11 is 5.84. The Labute approximate surface area is 136 Å². The van der Waals surface area contributed by atoms with Gasteiger partial charge >= 0.3 is 11.9 Å². The van der Waals surface area contributed by atoms with Gasteiger partial charge in [0, 0.05) is 17.9 Å². The van der Waals surface area contributed by atoms with E-state index in [1.165, 1.54) is 0 Å². The molecule has 0 aliphatic heterocycles. The molecule has 0 aliphatic carbocycles. The molecule has 0 saturated heterocycles. The van der Waals surface area contributed by atoms with Crippen LogP contribution in [0.5, 0.6) is 5.75 Å². The van der Waals surface area contributed by atoms with Crippen molar-refractivity contribution in [2.45, 2.75) is 52.4 Å². The summed E-state index contributed by atoms with van der Waals surface area (Å²) in [4.78, 5) is 23.2. The Kier molecular flexibility index (Phi) is 8.60. The molecule has 0 heterocycles. The van der Waals surface area contributed by atoms with E-state index in [0.717, 1.165) is 24.8 Å². The third kappa shape index (κ3) is 7.46. The minimum Gasteiger partial charge on any atom is -0.466 e. The predicted octanol–water partition coefficient (Wildman–Crippen LogP) is 4.46. The number of rotatable bonds is 9. The summed E-state index contributed by atoms with van der Waals surface area (Å²) in [6.07, 6.45) is 3.89. The summed E-state index contributed by atoms with van der Waals surface area (Å²) in [5.74, 6) is -0.118. The Morgan fingerprint density at radius 1 is 1.09 bits per heavy atom. The van der Waals surface area contributed by atoms with Crippen molar-refractivity contribution in [1.82, 2.24) is 0 Å². The Hall–Kier alpha value is -1.55. The summed E-state index contributed by atoms with van der Waals surface area (Å²) < 4.78 is 10.3. The van der Waals surface area contributed by atoms with Gasteiger partial charge in [-0.3, -0.25) is 9.59 Å². The van der Waals surface area contributed by atoms with E-state index in [4.69, 9.17) is 21.1 Å². The third-order valence-corrected chi connectivity index (χ3v) is 3.37. The van der Waals surface area contributed by atoms with E-state index in [1.54, 1.807) is 18.2 Å². The molecule has 0 atom stereocenters. The molecule has 5 heteroatoms. The molecule has 0 fully saturated rings. The van der Waals surface area contributed by atoms with Crippen LogP contribution < -0.4 is 4.74 Å². The van der Waals surface area contributed by atoms with Crippen LogP contribution in [0.15, 0.2) is 18.2 Å². The predicted molar refractivity (Wildman–Crippen MR) is 86.2 cm³/mol. The Balaban J connectivity index is 2.21. The summed E-state index contributed by atoms with van der Waals surface area (Å²) in [7, 11) is 0. The molecule has 0 aromatic heterocycles. The molecule has 0 unspecified atom stereocenters. The molecule has 1 aromatic carbocycles. The largest absolute Gasteiger partial charge is 0.466 e. The van der Waals surface area contributed by atoms with Gasteiger partial charge in [0.15, 0.2) is 0 Å². The molecule has 0 amide bonds. The fourth-order valence-electron chi connectivity index (χ4n) is 1.89. The van der Waals surface area contributed by atoms with Crippen molar-refractivity contribution in [3.63, 3.8) is 0 Å². The monoisotopic (exact) mass is 326 g/mol. The van der Waals surface area contributed by atoms with Gasteiger partial charge < -0.3 is 9.47 Å². The molecule has 0 bridgehead atoms. The summed E-state index contributed by atoms with van der Waals surface area (Å²) in [5, 5.41) is 0.600. The van der Waals surface area contributed by atoms with Crippen LogP contribution in [-0.2, 0) is 14.3 Å². The lowest BCUT2D eigenvalue weighted by Gasteiger charge is -2.07. The highest BCUT2D eigenvalue weighted by Gasteiger charge is 2.10. The van der Waals surface area contributed by atoms with E-state index >= 15 is 0 Å². The maximum absolute atomic E-state index is 11.7. The number of unbranched alkanes of at least 4 members (excludes halogenated alkanes) is 2. The van der Waals surface area contributed by atoms with Crippen LogP contribution in [0.25, 0.3) is 0 Å². The number of esters is 2. The van der Waals surface area contributed by atoms with Gasteiger partial charge in [0.05, 0.1) is 6.61 Å². The van der Waals surface area contributed by atoms with Gasteiger partial charge in [0.1, 0.15) is 5.75 Å². The number of carbonyl (C=O) groups is 2. The molecule has 4 nitrogen and oxygen atoms in total. The second-order valence-corrected chi connectivity index (χ2v) is 5.60. The van der Waals surface area contributed by atoms with Crippen LogP contribution in [0, 0.1) is 6.92 Å². The van der Waals surface area contributed by atoms with Crippen LogP contribution in [0.4, 0.5) is 0 Å². The van der Waals surface area contributed by atoms with Crippen LogP contribution >= 0.6 is 11.6 Å². The van der Waals surface area contributed by atoms with E-state index in [2.05, 4.69) is 6.92 Å². The minimum atomic E-state index is -0.357. The van der Waals surface area contributed by atoms with Crippen molar-refractivity contribution in [3.8, 4) is 5.75 Å². The van der Waals surface area contributed by atoms with Gasteiger partial charge in [-0.15, -0.1) is 0 Å². The highest BCUT2D eigenvalue weighted by Crippen LogP contribution is 2.22. The van der Waals surface area contributed by atoms with E-state index < -0.39 is 0 Å². The SMILES string of the molecule is CCCCCOC(=O)CCCC(=O)Oc1ccc(Cl)cc1C. The number of hydrogen-bond acceptors (Lipinski definition) is 4. The zero-order chi connectivity index (χ0) is 16.4. The van der Waals surface area contributed by atoms with Crippen molar-refractivity contribution in [2.24, 2.45) is 0 Å². The lowest BCUT2D eigenvalue weighted by Crippen LogP contribution is -2.11. The molecule has 0 saturated carbocycles. The summed E-state index contributed by atoms with van der Waals surface area (Å²) in [6.45, 7) is 4.37. The van der Waals surface area contributed by atoms with Crippen LogP contribution in [-0.4, -0.2) is 18.5 Å². The van der Waals surface area contributed by atoms with Crippen LogP contribution in [0.1, 0.15) is 51.0 Å². The molecule has 0 spiro atoms. The first kappa shape index (κ1) is 18.5. The summed E-state index contributed by atoms with van der Waals surface area (Å²) in [6, 6.07) is 5.07. The zero-order valence-corrected chi connectivity index (χ0v) is 13.9. The molecule has 0 N–H and O–H groups in total. The van der Waals surface area contributed by atoms with Gasteiger partial charge in [-0.1, -0.05) is 31.4 Å². The summed E-state index contributed by atoms with van der Waals surface area (Å²) in [5.41, 5.74) is 0.802. The Bertz CT molecular complexity index is 499. The van der Waals surface area contributed by atoms with Crippen LogP contribution in [0.3, 0.4) is 0 Å². The molecule has 122 valence electrons. The highest BCUT2D eigenvalue weighted by atomic mass is 35.5. The maximum Gasteiger partial charge on any atom is 0.311 e. The molecule has 1 rings (SSSR count). The fourth-order valence-corrected chi connectivity index (χ4v) is 2.11. The van der Waals surface area contributed by atoms with Crippen molar-refractivity contribution in [2.75, 3.05) is 6.61 Å². The number of halogens is 1. The normalized spacial score (nSPS) is 10.3. The van der Waals surface area contributed by atoms with Gasteiger partial charge in [-0.25, -0.2) is 0 Å². The van der Waals surface area contributed by atoms with Gasteiger partial charge in [0.25, 0.3) is 0 Å². The standard InChI is InChI=1S/C17H23ClO4/c1-3-4-5-11-21-16(19)7-6-8-17(20)22-15-10-9-14(18)12-13(15)2/h9-10,12H,3-8,11H2,1-2H3. The van der Waals surface area contributed by atoms with Crippen molar-refractivity contribution < 1.29 is 19.1 Å². The van der Waals surface area contributed by atoms with Crippen molar-refractivity contribution >= 4 is 23.5 Å². The van der Waals surface area contributed by atoms with Gasteiger partial charge in [0.2, 0.25) is 0 Å². The van der Waals surface area contributed by atoms with Crippen molar-refractivity contribution in [3.05, 3.63) is 28.8 Å². The lowest BCUT2D eigenvalue weighted by molar-refractivity contribution is -0.144. The smallest absolute Gasteiger partial charge is 0.311 e. The molecular weight excluding hydrogens is 304 g/mol. The van der Waals surface area contributed by atoms with E-state index in [1.807, 2.05) is 6.92 Å². The number of hydrogen-bond donors (Lipinski definition) is 0. The minimum absolute atomic E-state index is 0.187. The molecule has 0 radical (unpaired) electrons. The zero-order valence-electron chi connectivity index (χ0n) is 13.2. The van der Waals surface area contributed by atoms with E-state index in [-0.39, 0.29) is 24.8 Å². The van der Waals surface area contributed by atoms with E-state index in [0.29, 0.717) is 23.8 Å². The quantitative estimate of drug-likeness (QED) is 0.382. The first-order valence-electron chi connectivity index (χ1n) is 7.65. The Morgan fingerprint density at radius 2 is 1.82 bits per heavy atom. The van der Waals surface area contributed by atoms with Gasteiger partial charge in [-0.05, 0) is 43.5 Å². The van der Waals surface area contributed by atoms with Crippen LogP contribution in [0.2, 0.25) is 5.02 Å². The second kappa shape index (κ2) is 10.2. The van der Waals surface area contributed by atoms with E-state index in [9.17, 15) is 9.59 Å². The molecule has 22 heavy (non-hydrogen) atoms. The average molecular weight is 327 g/mol.